The maximum absolute atomic E-state index is 12.6. The van der Waals surface area contributed by atoms with Crippen molar-refractivity contribution >= 4 is 34.9 Å². The van der Waals surface area contributed by atoms with E-state index in [1.807, 2.05) is 26.0 Å². The van der Waals surface area contributed by atoms with E-state index in [0.29, 0.717) is 5.69 Å². The van der Waals surface area contributed by atoms with E-state index in [-0.39, 0.29) is 30.0 Å². The molecule has 3 amide bonds. The number of benzene rings is 1. The number of carbonyl (C=O) groups is 3. The van der Waals surface area contributed by atoms with Gasteiger partial charge in [0.05, 0.1) is 12.6 Å². The molecule has 3 rings (SSSR count). The van der Waals surface area contributed by atoms with Crippen molar-refractivity contribution in [3.8, 4) is 0 Å². The zero-order valence-corrected chi connectivity index (χ0v) is 14.7. The number of nitrogens with zero attached hydrogens (tertiary/aromatic N) is 3. The zero-order valence-electron chi connectivity index (χ0n) is 14.7. The Bertz CT molecular complexity index is 859. The van der Waals surface area contributed by atoms with E-state index in [4.69, 9.17) is 0 Å². The molecule has 2 N–H and O–H groups in total. The topological polar surface area (TPSA) is 104 Å². The van der Waals surface area contributed by atoms with E-state index in [1.54, 1.807) is 0 Å². The molecule has 0 aliphatic carbocycles. The van der Waals surface area contributed by atoms with Crippen LogP contribution in [0.25, 0.3) is 0 Å². The fraction of sp³-hybridized carbons (Fsp3) is 0.278. The van der Waals surface area contributed by atoms with Gasteiger partial charge in [0.15, 0.2) is 5.82 Å². The van der Waals surface area contributed by atoms with Gasteiger partial charge in [-0.1, -0.05) is 0 Å². The first-order valence-corrected chi connectivity index (χ1v) is 8.15. The van der Waals surface area contributed by atoms with Crippen LogP contribution in [0.15, 0.2) is 30.7 Å². The highest BCUT2D eigenvalue weighted by Gasteiger charge is 2.40. The number of hydrogen-bond acceptors (Lipinski definition) is 6. The fourth-order valence-corrected chi connectivity index (χ4v) is 3.01. The Labute approximate surface area is 150 Å². The summed E-state index contributed by atoms with van der Waals surface area (Å²) in [4.78, 5) is 45.1. The van der Waals surface area contributed by atoms with Crippen LogP contribution in [0.4, 0.5) is 17.2 Å². The summed E-state index contributed by atoms with van der Waals surface area (Å²) in [7, 11) is 0. The van der Waals surface area contributed by atoms with Crippen molar-refractivity contribution in [3.63, 3.8) is 0 Å². The van der Waals surface area contributed by atoms with Gasteiger partial charge in [-0.3, -0.25) is 19.4 Å². The number of anilines is 3. The Morgan fingerprint density at radius 3 is 2.46 bits per heavy atom. The molecule has 0 bridgehead atoms. The van der Waals surface area contributed by atoms with Crippen molar-refractivity contribution in [2.24, 2.45) is 0 Å². The molecule has 1 aliphatic heterocycles. The lowest BCUT2D eigenvalue weighted by Crippen LogP contribution is -2.35. The smallest absolute Gasteiger partial charge is 0.258 e. The largest absolute Gasteiger partial charge is 0.373 e. The number of amides is 3. The summed E-state index contributed by atoms with van der Waals surface area (Å²) in [5.74, 6) is -0.610. The van der Waals surface area contributed by atoms with Crippen LogP contribution in [0.5, 0.6) is 0 Å². The summed E-state index contributed by atoms with van der Waals surface area (Å²) in [6, 6.07) is 3.00. The number of hydrogen-bond donors (Lipinski definition) is 2. The lowest BCUT2D eigenvalue weighted by atomic mass is 10.1. The molecule has 0 spiro atoms. The van der Waals surface area contributed by atoms with Gasteiger partial charge in [0.1, 0.15) is 6.04 Å². The van der Waals surface area contributed by atoms with E-state index in [2.05, 4.69) is 20.6 Å². The molecule has 1 saturated heterocycles. The Kier molecular flexibility index (Phi) is 4.66. The molecule has 1 unspecified atom stereocenters. The standard InChI is InChI=1S/C18H19N5O3/c1-10-6-13(7-11(2)17(10)21-12(3)24)22-14-8-16(25)23(18(14)26)15-9-19-4-5-20-15/h4-7,9,14,22H,8H2,1-3H3,(H,21,24). The van der Waals surface area contributed by atoms with Gasteiger partial charge in [-0.25, -0.2) is 9.88 Å². The highest BCUT2D eigenvalue weighted by Crippen LogP contribution is 2.28. The molecule has 1 aromatic heterocycles. The highest BCUT2D eigenvalue weighted by molar-refractivity contribution is 6.22. The summed E-state index contributed by atoms with van der Waals surface area (Å²) in [5.41, 5.74) is 3.19. The summed E-state index contributed by atoms with van der Waals surface area (Å²) in [6.45, 7) is 5.20. The van der Waals surface area contributed by atoms with Gasteiger partial charge in [0.25, 0.3) is 5.91 Å². The molecule has 2 heterocycles. The van der Waals surface area contributed by atoms with Gasteiger partial charge in [0, 0.05) is 30.7 Å². The van der Waals surface area contributed by atoms with Crippen LogP contribution in [0.3, 0.4) is 0 Å². The van der Waals surface area contributed by atoms with Crippen molar-refractivity contribution < 1.29 is 14.4 Å². The molecule has 2 aromatic rings. The third-order valence-electron chi connectivity index (χ3n) is 4.10. The van der Waals surface area contributed by atoms with Crippen molar-refractivity contribution in [1.82, 2.24) is 9.97 Å². The monoisotopic (exact) mass is 353 g/mol. The molecule has 0 saturated carbocycles. The van der Waals surface area contributed by atoms with Crippen molar-refractivity contribution in [1.29, 1.82) is 0 Å². The highest BCUT2D eigenvalue weighted by atomic mass is 16.2. The minimum absolute atomic E-state index is 0.0426. The Balaban J connectivity index is 1.81. The average Bonchev–Trinajstić information content (AvgIpc) is 2.85. The average molecular weight is 353 g/mol. The van der Waals surface area contributed by atoms with Crippen LogP contribution in [0.1, 0.15) is 24.5 Å². The normalized spacial score (nSPS) is 16.7. The molecule has 1 aliphatic rings. The van der Waals surface area contributed by atoms with Crippen LogP contribution in [0.2, 0.25) is 0 Å². The summed E-state index contributed by atoms with van der Waals surface area (Å²) in [5, 5.41) is 5.91. The van der Waals surface area contributed by atoms with Gasteiger partial charge >= 0.3 is 0 Å². The maximum Gasteiger partial charge on any atom is 0.258 e. The molecule has 26 heavy (non-hydrogen) atoms. The summed E-state index contributed by atoms with van der Waals surface area (Å²) in [6.07, 6.45) is 4.34. The van der Waals surface area contributed by atoms with E-state index in [9.17, 15) is 14.4 Å². The quantitative estimate of drug-likeness (QED) is 0.812. The fourth-order valence-electron chi connectivity index (χ4n) is 3.01. The van der Waals surface area contributed by atoms with Crippen LogP contribution in [-0.2, 0) is 14.4 Å². The molecular weight excluding hydrogens is 334 g/mol. The second-order valence-electron chi connectivity index (χ2n) is 6.20. The number of aromatic nitrogens is 2. The lowest BCUT2D eigenvalue weighted by molar-refractivity contribution is -0.121. The zero-order chi connectivity index (χ0) is 18.8. The maximum atomic E-state index is 12.6. The molecule has 8 nitrogen and oxygen atoms in total. The van der Waals surface area contributed by atoms with Crippen LogP contribution >= 0.6 is 0 Å². The predicted molar refractivity (Wildman–Crippen MR) is 96.8 cm³/mol. The van der Waals surface area contributed by atoms with Gasteiger partial charge < -0.3 is 10.6 Å². The third-order valence-corrected chi connectivity index (χ3v) is 4.10. The molecule has 1 fully saturated rings. The first-order valence-electron chi connectivity index (χ1n) is 8.15. The van der Waals surface area contributed by atoms with Gasteiger partial charge in [0.2, 0.25) is 11.8 Å². The van der Waals surface area contributed by atoms with Crippen molar-refractivity contribution in [2.45, 2.75) is 33.2 Å². The van der Waals surface area contributed by atoms with Crippen LogP contribution in [0, 0.1) is 13.8 Å². The molecule has 1 atom stereocenters. The number of imide groups is 1. The van der Waals surface area contributed by atoms with Gasteiger partial charge in [-0.2, -0.15) is 0 Å². The van der Waals surface area contributed by atoms with E-state index < -0.39 is 6.04 Å². The Morgan fingerprint density at radius 1 is 1.19 bits per heavy atom. The number of carbonyl (C=O) groups excluding carboxylic acids is 3. The Morgan fingerprint density at radius 2 is 1.88 bits per heavy atom. The van der Waals surface area contributed by atoms with E-state index in [0.717, 1.165) is 21.7 Å². The van der Waals surface area contributed by atoms with Gasteiger partial charge in [-0.05, 0) is 37.1 Å². The number of nitrogens with one attached hydrogen (secondary N) is 2. The van der Waals surface area contributed by atoms with Crippen molar-refractivity contribution in [2.75, 3.05) is 15.5 Å². The van der Waals surface area contributed by atoms with E-state index >= 15 is 0 Å². The second kappa shape index (κ2) is 6.91. The SMILES string of the molecule is CC(=O)Nc1c(C)cc(NC2CC(=O)N(c3cnccn3)C2=O)cc1C. The summed E-state index contributed by atoms with van der Waals surface area (Å²) >= 11 is 0. The van der Waals surface area contributed by atoms with Crippen LogP contribution in [-0.4, -0.2) is 33.7 Å². The predicted octanol–water partition coefficient (Wildman–Crippen LogP) is 1.80. The first-order chi connectivity index (χ1) is 12.4. The minimum atomic E-state index is -0.671. The summed E-state index contributed by atoms with van der Waals surface area (Å²) < 4.78 is 0. The first kappa shape index (κ1) is 17.5. The van der Waals surface area contributed by atoms with Crippen molar-refractivity contribution in [3.05, 3.63) is 41.9 Å². The minimum Gasteiger partial charge on any atom is -0.373 e. The third kappa shape index (κ3) is 3.39. The molecule has 134 valence electrons. The molecule has 0 radical (unpaired) electrons. The Hall–Kier alpha value is -3.29. The van der Waals surface area contributed by atoms with E-state index in [1.165, 1.54) is 25.5 Å². The van der Waals surface area contributed by atoms with Crippen LogP contribution < -0.4 is 15.5 Å². The molecule has 8 heteroatoms. The molecular formula is C18H19N5O3. The second-order valence-corrected chi connectivity index (χ2v) is 6.20. The molecule has 1 aromatic carbocycles. The number of rotatable bonds is 4. The lowest BCUT2D eigenvalue weighted by Gasteiger charge is -2.17. The van der Waals surface area contributed by atoms with Gasteiger partial charge in [-0.15, -0.1) is 0 Å². The number of aryl methyl sites for hydroxylation is 2.